The minimum Gasteiger partial charge on any atom is -0.494 e. The van der Waals surface area contributed by atoms with Crippen molar-refractivity contribution in [3.63, 3.8) is 0 Å². The van der Waals surface area contributed by atoms with Gasteiger partial charge in [0.1, 0.15) is 22.6 Å². The molecular weight excluding hydrogens is 629 g/mol. The first-order valence-corrected chi connectivity index (χ1v) is 16.7. The van der Waals surface area contributed by atoms with Gasteiger partial charge in [-0.25, -0.2) is 4.98 Å². The standard InChI is InChI=1S/C32H39F3N10OS/c1-42-15-17-45(18-16-42)21-9-13-44(14-10-21)22-5-6-24(27(19-22)46-3)40-31-38-20-23(32(33,34)35)30(41-31)39-26-8-7-25-28(37-12-11-36-25)29(26)43(2)47-4/h5-8,11-12,19-21H,9-10,13-18H2,1-4H3,(H2,38,39,40,41). The van der Waals surface area contributed by atoms with Gasteiger partial charge < -0.3 is 29.5 Å². The number of hydrogen-bond donors (Lipinski definition) is 2. The summed E-state index contributed by atoms with van der Waals surface area (Å²) in [7, 11) is 5.55. The van der Waals surface area contributed by atoms with E-state index in [1.165, 1.54) is 11.9 Å². The fourth-order valence-electron chi connectivity index (χ4n) is 6.18. The maximum Gasteiger partial charge on any atom is 0.421 e. The SMILES string of the molecule is COc1cc(N2CCC(N3CCN(C)CC3)CC2)ccc1Nc1ncc(C(F)(F)F)c(Nc2ccc3nccnc3c2N(C)SC)n1. The van der Waals surface area contributed by atoms with Crippen LogP contribution < -0.4 is 24.6 Å². The molecule has 0 amide bonds. The Balaban J connectivity index is 1.23. The zero-order valence-corrected chi connectivity index (χ0v) is 27.7. The molecule has 2 N–H and O–H groups in total. The summed E-state index contributed by atoms with van der Waals surface area (Å²) >= 11 is 1.39. The molecule has 0 radical (unpaired) electrons. The number of methoxy groups -OCH3 is 1. The van der Waals surface area contributed by atoms with Crippen molar-refractivity contribution in [3.05, 3.63) is 54.5 Å². The van der Waals surface area contributed by atoms with Gasteiger partial charge >= 0.3 is 6.18 Å². The van der Waals surface area contributed by atoms with Crippen molar-refractivity contribution >= 4 is 57.5 Å². The van der Waals surface area contributed by atoms with Gasteiger partial charge in [0.25, 0.3) is 0 Å². The molecule has 2 aliphatic rings. The highest BCUT2D eigenvalue weighted by molar-refractivity contribution is 7.99. The molecule has 0 spiro atoms. The highest BCUT2D eigenvalue weighted by atomic mass is 32.2. The smallest absolute Gasteiger partial charge is 0.421 e. The van der Waals surface area contributed by atoms with Crippen LogP contribution in [0.25, 0.3) is 11.0 Å². The Hall–Kier alpha value is -4.08. The Morgan fingerprint density at radius 2 is 1.66 bits per heavy atom. The summed E-state index contributed by atoms with van der Waals surface area (Å²) in [5.74, 6) is 0.131. The van der Waals surface area contributed by atoms with Crippen LogP contribution in [0.15, 0.2) is 48.9 Å². The van der Waals surface area contributed by atoms with Crippen molar-refractivity contribution in [3.8, 4) is 5.75 Å². The van der Waals surface area contributed by atoms with Gasteiger partial charge in [0.15, 0.2) is 0 Å². The van der Waals surface area contributed by atoms with E-state index in [2.05, 4.69) is 52.3 Å². The highest BCUT2D eigenvalue weighted by Gasteiger charge is 2.36. The molecule has 0 saturated carbocycles. The van der Waals surface area contributed by atoms with Crippen molar-refractivity contribution in [2.45, 2.75) is 25.1 Å². The minimum atomic E-state index is -4.69. The second kappa shape index (κ2) is 14.0. The molecule has 11 nitrogen and oxygen atoms in total. The third-order valence-corrected chi connectivity index (χ3v) is 9.60. The molecule has 2 aromatic carbocycles. The number of halogens is 3. The fourth-order valence-corrected chi connectivity index (χ4v) is 6.55. The number of hydrogen-bond acceptors (Lipinski definition) is 12. The predicted molar refractivity (Wildman–Crippen MR) is 182 cm³/mol. The molecule has 2 fully saturated rings. The monoisotopic (exact) mass is 668 g/mol. The van der Waals surface area contributed by atoms with E-state index in [9.17, 15) is 13.2 Å². The molecule has 15 heteroatoms. The molecule has 4 aromatic rings. The van der Waals surface area contributed by atoms with Gasteiger partial charge in [-0.05, 0) is 44.2 Å². The summed E-state index contributed by atoms with van der Waals surface area (Å²) < 4.78 is 50.0. The Bertz CT molecular complexity index is 1690. The molecule has 0 aliphatic carbocycles. The molecule has 6 rings (SSSR count). The first-order chi connectivity index (χ1) is 22.6. The predicted octanol–water partition coefficient (Wildman–Crippen LogP) is 5.86. The molecule has 2 aromatic heterocycles. The van der Waals surface area contributed by atoms with Gasteiger partial charge in [0.2, 0.25) is 5.95 Å². The van der Waals surface area contributed by atoms with E-state index in [1.54, 1.807) is 31.6 Å². The lowest BCUT2D eigenvalue weighted by atomic mass is 10.0. The number of nitrogens with one attached hydrogen (secondary N) is 2. The van der Waals surface area contributed by atoms with Crippen LogP contribution in [0.4, 0.5) is 47.7 Å². The largest absolute Gasteiger partial charge is 0.494 e. The average molecular weight is 669 g/mol. The van der Waals surface area contributed by atoms with Crippen LogP contribution in [0.5, 0.6) is 5.75 Å². The Labute approximate surface area is 276 Å². The van der Waals surface area contributed by atoms with Gasteiger partial charge in [0.05, 0.1) is 29.7 Å². The number of rotatable bonds is 9. The highest BCUT2D eigenvalue weighted by Crippen LogP contribution is 2.40. The van der Waals surface area contributed by atoms with Crippen molar-refractivity contribution < 1.29 is 17.9 Å². The Morgan fingerprint density at radius 3 is 2.36 bits per heavy atom. The molecular formula is C32H39F3N10OS. The maximum atomic E-state index is 14.2. The summed E-state index contributed by atoms with van der Waals surface area (Å²) in [6, 6.07) is 9.76. The van der Waals surface area contributed by atoms with Gasteiger partial charge in [-0.15, -0.1) is 0 Å². The number of likely N-dealkylation sites (N-methyl/N-ethyl adjacent to an activating group) is 1. The van der Waals surface area contributed by atoms with Gasteiger partial charge in [-0.3, -0.25) is 14.9 Å². The second-order valence-electron chi connectivity index (χ2n) is 11.7. The zero-order chi connectivity index (χ0) is 33.1. The van der Waals surface area contributed by atoms with Gasteiger partial charge in [-0.2, -0.15) is 18.2 Å². The molecule has 0 atom stereocenters. The van der Waals surface area contributed by atoms with E-state index in [0.717, 1.165) is 64.0 Å². The lowest BCUT2D eigenvalue weighted by Gasteiger charge is -2.42. The minimum absolute atomic E-state index is 0.0140. The van der Waals surface area contributed by atoms with Crippen LogP contribution in [0.3, 0.4) is 0 Å². The number of ether oxygens (including phenoxy) is 1. The zero-order valence-electron chi connectivity index (χ0n) is 26.9. The second-order valence-corrected chi connectivity index (χ2v) is 12.6. The third kappa shape index (κ3) is 7.26. The number of aromatic nitrogens is 4. The van der Waals surface area contributed by atoms with Crippen LogP contribution >= 0.6 is 11.9 Å². The van der Waals surface area contributed by atoms with Crippen LogP contribution in [-0.4, -0.2) is 103 Å². The molecule has 0 unspecified atom stereocenters. The Morgan fingerprint density at radius 1 is 0.936 bits per heavy atom. The van der Waals surface area contributed by atoms with E-state index < -0.39 is 17.6 Å². The molecule has 47 heavy (non-hydrogen) atoms. The van der Waals surface area contributed by atoms with Crippen molar-refractivity contribution in [2.75, 3.05) is 86.6 Å². The summed E-state index contributed by atoms with van der Waals surface area (Å²) in [6.07, 6.45) is 3.26. The van der Waals surface area contributed by atoms with Crippen LogP contribution in [0, 0.1) is 0 Å². The normalized spacial score (nSPS) is 16.8. The van der Waals surface area contributed by atoms with E-state index in [4.69, 9.17) is 4.74 Å². The number of fused-ring (bicyclic) bond motifs is 1. The van der Waals surface area contributed by atoms with Crippen molar-refractivity contribution in [2.24, 2.45) is 0 Å². The number of anilines is 6. The van der Waals surface area contributed by atoms with Crippen LogP contribution in [0.1, 0.15) is 18.4 Å². The Kier molecular flexibility index (Phi) is 9.75. The summed E-state index contributed by atoms with van der Waals surface area (Å²) in [5.41, 5.74) is 2.70. The first kappa shape index (κ1) is 32.8. The van der Waals surface area contributed by atoms with Crippen molar-refractivity contribution in [1.29, 1.82) is 0 Å². The molecule has 250 valence electrons. The van der Waals surface area contributed by atoms with Gasteiger partial charge in [0, 0.05) is 89.0 Å². The topological polar surface area (TPSA) is 97.8 Å². The first-order valence-electron chi connectivity index (χ1n) is 15.5. The third-order valence-electron chi connectivity index (χ3n) is 8.87. The van der Waals surface area contributed by atoms with E-state index in [0.29, 0.717) is 39.9 Å². The molecule has 2 saturated heterocycles. The number of alkyl halides is 3. The molecule has 0 bridgehead atoms. The summed E-state index contributed by atoms with van der Waals surface area (Å²) in [5, 5.41) is 5.98. The van der Waals surface area contributed by atoms with E-state index in [1.807, 2.05) is 35.8 Å². The lowest BCUT2D eigenvalue weighted by molar-refractivity contribution is -0.137. The summed E-state index contributed by atoms with van der Waals surface area (Å²) in [6.45, 7) is 6.34. The van der Waals surface area contributed by atoms with Crippen molar-refractivity contribution in [1.82, 2.24) is 29.7 Å². The fraction of sp³-hybridized carbons (Fsp3) is 0.438. The van der Waals surface area contributed by atoms with E-state index >= 15 is 0 Å². The average Bonchev–Trinajstić information content (AvgIpc) is 3.08. The van der Waals surface area contributed by atoms with E-state index in [-0.39, 0.29) is 5.95 Å². The molecule has 4 heterocycles. The quantitative estimate of drug-likeness (QED) is 0.209. The maximum absolute atomic E-state index is 14.2. The van der Waals surface area contributed by atoms with Gasteiger partial charge in [-0.1, -0.05) is 11.9 Å². The number of nitrogens with zero attached hydrogens (tertiary/aromatic N) is 8. The number of piperazine rings is 1. The van der Waals surface area contributed by atoms with Crippen LogP contribution in [0.2, 0.25) is 0 Å². The number of benzene rings is 2. The summed E-state index contributed by atoms with van der Waals surface area (Å²) in [4.78, 5) is 24.4. The molecule has 2 aliphatic heterocycles. The van der Waals surface area contributed by atoms with Crippen LogP contribution in [-0.2, 0) is 6.18 Å². The lowest BCUT2D eigenvalue weighted by Crippen LogP contribution is -2.52. The number of piperidine rings is 1.